The summed E-state index contributed by atoms with van der Waals surface area (Å²) in [6.45, 7) is 6.49. The molecule has 2 aliphatic rings. The monoisotopic (exact) mass is 439 g/mol. The predicted octanol–water partition coefficient (Wildman–Crippen LogP) is 1.98. The molecule has 1 aromatic heterocycles. The molecular formula is C23H29N5O4. The van der Waals surface area contributed by atoms with Crippen LogP contribution in [0.2, 0.25) is 0 Å². The first-order valence-corrected chi connectivity index (χ1v) is 10.6. The molecule has 0 aliphatic carbocycles. The first-order chi connectivity index (χ1) is 15.4. The van der Waals surface area contributed by atoms with Crippen LogP contribution in [0.1, 0.15) is 25.2 Å². The van der Waals surface area contributed by atoms with Gasteiger partial charge in [0.15, 0.2) is 5.82 Å². The van der Waals surface area contributed by atoms with Crippen molar-refractivity contribution < 1.29 is 19.0 Å². The van der Waals surface area contributed by atoms with Gasteiger partial charge in [0.25, 0.3) is 5.91 Å². The lowest BCUT2D eigenvalue weighted by atomic mass is 10.0. The van der Waals surface area contributed by atoms with E-state index in [4.69, 9.17) is 19.9 Å². The summed E-state index contributed by atoms with van der Waals surface area (Å²) in [7, 11) is 1.66. The Morgan fingerprint density at radius 3 is 2.88 bits per heavy atom. The zero-order valence-electron chi connectivity index (χ0n) is 18.6. The predicted molar refractivity (Wildman–Crippen MR) is 122 cm³/mol. The lowest BCUT2D eigenvalue weighted by molar-refractivity contribution is -0.111. The number of nitrogens with two attached hydrogens (primary N) is 1. The topological polar surface area (TPSA) is 112 Å². The highest BCUT2D eigenvalue weighted by Gasteiger charge is 2.33. The molecule has 32 heavy (non-hydrogen) atoms. The van der Waals surface area contributed by atoms with Gasteiger partial charge in [-0.05, 0) is 26.0 Å². The normalized spacial score (nSPS) is 19.9. The number of amides is 1. The Balaban J connectivity index is 1.67. The van der Waals surface area contributed by atoms with Crippen molar-refractivity contribution in [3.63, 3.8) is 0 Å². The number of ether oxygens (including phenoxy) is 3. The Kier molecular flexibility index (Phi) is 6.29. The third-order valence-electron chi connectivity index (χ3n) is 5.48. The van der Waals surface area contributed by atoms with E-state index in [-0.39, 0.29) is 29.0 Å². The van der Waals surface area contributed by atoms with Crippen molar-refractivity contribution in [2.45, 2.75) is 32.0 Å². The van der Waals surface area contributed by atoms with Crippen LogP contribution in [-0.2, 0) is 20.7 Å². The van der Waals surface area contributed by atoms with Gasteiger partial charge in [0, 0.05) is 56.8 Å². The minimum atomic E-state index is -0.375. The summed E-state index contributed by atoms with van der Waals surface area (Å²) >= 11 is 0. The van der Waals surface area contributed by atoms with E-state index >= 15 is 0 Å². The standard InChI is InChI=1S/C23H29N5O4/c1-23(2)11-15-9-18(27-22(29)17(12-24)21-25-5-4-6-26-21)19(10-20(15)32-23)28-7-8-31-16(13-28)14-30-3/h4-6,9-10,12,16H,7-8,11,13-14,24H2,1-3H3,(H,27,29). The number of nitrogens with one attached hydrogen (secondary N) is 1. The van der Waals surface area contributed by atoms with E-state index in [0.717, 1.165) is 23.4 Å². The second kappa shape index (κ2) is 9.13. The number of carbonyl (C=O) groups excluding carboxylic acids is 1. The molecule has 9 heteroatoms. The molecule has 4 rings (SSSR count). The number of morpholine rings is 1. The molecule has 0 radical (unpaired) electrons. The number of benzene rings is 1. The van der Waals surface area contributed by atoms with Gasteiger partial charge in [0.2, 0.25) is 0 Å². The Morgan fingerprint density at radius 2 is 2.16 bits per heavy atom. The van der Waals surface area contributed by atoms with Crippen molar-refractivity contribution in [2.24, 2.45) is 5.73 Å². The minimum Gasteiger partial charge on any atom is -0.487 e. The van der Waals surface area contributed by atoms with Crippen molar-refractivity contribution >= 4 is 22.9 Å². The van der Waals surface area contributed by atoms with Crippen molar-refractivity contribution in [1.82, 2.24) is 9.97 Å². The highest BCUT2D eigenvalue weighted by atomic mass is 16.5. The Labute approximate surface area is 187 Å². The van der Waals surface area contributed by atoms with E-state index in [1.807, 2.05) is 12.1 Å². The molecule has 1 aromatic carbocycles. The van der Waals surface area contributed by atoms with E-state index in [1.165, 1.54) is 6.20 Å². The summed E-state index contributed by atoms with van der Waals surface area (Å²) in [6.07, 6.45) is 5.07. The zero-order chi connectivity index (χ0) is 22.7. The number of methoxy groups -OCH3 is 1. The van der Waals surface area contributed by atoms with Crippen LogP contribution in [0.4, 0.5) is 11.4 Å². The number of hydrogen-bond acceptors (Lipinski definition) is 8. The highest BCUT2D eigenvalue weighted by Crippen LogP contribution is 2.42. The lowest BCUT2D eigenvalue weighted by Gasteiger charge is -2.35. The maximum Gasteiger partial charge on any atom is 0.261 e. The second-order valence-corrected chi connectivity index (χ2v) is 8.52. The largest absolute Gasteiger partial charge is 0.487 e. The SMILES string of the molecule is COCC1CN(c2cc3c(cc2NC(=O)C(=CN)c2ncccn2)CC(C)(C)O3)CCO1. The van der Waals surface area contributed by atoms with E-state index < -0.39 is 0 Å². The Morgan fingerprint density at radius 1 is 1.38 bits per heavy atom. The Hall–Kier alpha value is -3.17. The van der Waals surface area contributed by atoms with Crippen LogP contribution >= 0.6 is 0 Å². The number of nitrogens with zero attached hydrogens (tertiary/aromatic N) is 3. The maximum atomic E-state index is 13.1. The molecular weight excluding hydrogens is 410 g/mol. The smallest absolute Gasteiger partial charge is 0.261 e. The average Bonchev–Trinajstić information content (AvgIpc) is 3.07. The molecule has 0 saturated carbocycles. The van der Waals surface area contributed by atoms with Crippen LogP contribution in [0, 0.1) is 0 Å². The van der Waals surface area contributed by atoms with Crippen LogP contribution in [-0.4, -0.2) is 61.0 Å². The third kappa shape index (κ3) is 4.68. The molecule has 1 atom stereocenters. The van der Waals surface area contributed by atoms with E-state index in [1.54, 1.807) is 25.6 Å². The highest BCUT2D eigenvalue weighted by molar-refractivity contribution is 6.24. The van der Waals surface area contributed by atoms with Gasteiger partial charge in [0.05, 0.1) is 36.3 Å². The number of rotatable bonds is 6. The molecule has 2 aromatic rings. The van der Waals surface area contributed by atoms with Crippen LogP contribution in [0.15, 0.2) is 36.8 Å². The molecule has 1 fully saturated rings. The number of aromatic nitrogens is 2. The van der Waals surface area contributed by atoms with Gasteiger partial charge in [-0.25, -0.2) is 9.97 Å². The van der Waals surface area contributed by atoms with Crippen molar-refractivity contribution in [3.05, 3.63) is 48.2 Å². The summed E-state index contributed by atoms with van der Waals surface area (Å²) < 4.78 is 17.2. The van der Waals surface area contributed by atoms with Gasteiger partial charge < -0.3 is 30.2 Å². The summed E-state index contributed by atoms with van der Waals surface area (Å²) in [5.41, 5.74) is 8.25. The van der Waals surface area contributed by atoms with Gasteiger partial charge in [-0.15, -0.1) is 0 Å². The van der Waals surface area contributed by atoms with E-state index in [2.05, 4.69) is 34.0 Å². The molecule has 0 spiro atoms. The summed E-state index contributed by atoms with van der Waals surface area (Å²) in [5, 5.41) is 3.02. The lowest BCUT2D eigenvalue weighted by Crippen LogP contribution is -2.44. The fraction of sp³-hybridized carbons (Fsp3) is 0.435. The quantitative estimate of drug-likeness (QED) is 0.657. The van der Waals surface area contributed by atoms with Crippen molar-refractivity contribution in [1.29, 1.82) is 0 Å². The minimum absolute atomic E-state index is 0.0554. The summed E-state index contributed by atoms with van der Waals surface area (Å²) in [4.78, 5) is 23.6. The van der Waals surface area contributed by atoms with Crippen LogP contribution in [0.3, 0.4) is 0 Å². The van der Waals surface area contributed by atoms with Gasteiger partial charge >= 0.3 is 0 Å². The molecule has 9 nitrogen and oxygen atoms in total. The number of carbonyl (C=O) groups is 1. The number of fused-ring (bicyclic) bond motifs is 1. The number of anilines is 2. The molecule has 1 unspecified atom stereocenters. The van der Waals surface area contributed by atoms with Gasteiger partial charge in [-0.2, -0.15) is 0 Å². The first-order valence-electron chi connectivity index (χ1n) is 10.6. The van der Waals surface area contributed by atoms with Crippen molar-refractivity contribution in [3.8, 4) is 5.75 Å². The van der Waals surface area contributed by atoms with Gasteiger partial charge in [-0.3, -0.25) is 4.79 Å². The second-order valence-electron chi connectivity index (χ2n) is 8.52. The third-order valence-corrected chi connectivity index (χ3v) is 5.48. The van der Waals surface area contributed by atoms with Gasteiger partial charge in [0.1, 0.15) is 11.4 Å². The van der Waals surface area contributed by atoms with Gasteiger partial charge in [-0.1, -0.05) is 0 Å². The zero-order valence-corrected chi connectivity index (χ0v) is 18.6. The maximum absolute atomic E-state index is 13.1. The molecule has 1 saturated heterocycles. The van der Waals surface area contributed by atoms with E-state index in [9.17, 15) is 4.79 Å². The van der Waals surface area contributed by atoms with Crippen LogP contribution in [0.25, 0.3) is 5.57 Å². The average molecular weight is 440 g/mol. The molecule has 170 valence electrons. The fourth-order valence-corrected chi connectivity index (χ4v) is 4.11. The molecule has 0 bridgehead atoms. The Bertz CT molecular complexity index is 1010. The fourth-order valence-electron chi connectivity index (χ4n) is 4.11. The summed E-state index contributed by atoms with van der Waals surface area (Å²) in [6, 6.07) is 5.67. The number of hydrogen-bond donors (Lipinski definition) is 2. The first kappa shape index (κ1) is 22.0. The molecule has 1 amide bonds. The molecule has 3 N–H and O–H groups in total. The van der Waals surface area contributed by atoms with Crippen molar-refractivity contribution in [2.75, 3.05) is 43.6 Å². The molecule has 3 heterocycles. The van der Waals surface area contributed by atoms with E-state index in [0.29, 0.717) is 32.0 Å². The van der Waals surface area contributed by atoms with Crippen LogP contribution < -0.4 is 20.7 Å². The molecule has 2 aliphatic heterocycles. The summed E-state index contributed by atoms with van der Waals surface area (Å²) in [5.74, 6) is 0.727. The van der Waals surface area contributed by atoms with Crippen LogP contribution in [0.5, 0.6) is 5.75 Å².